The summed E-state index contributed by atoms with van der Waals surface area (Å²) in [4.78, 5) is 7.96. The maximum atomic E-state index is 10.1. The smallest absolute Gasteiger partial charge is 0.164 e. The molecule has 0 unspecified atom stereocenters. The van der Waals surface area contributed by atoms with Crippen LogP contribution in [0.4, 0.5) is 5.82 Å². The molecule has 0 saturated carbocycles. The molecule has 0 bridgehead atoms. The van der Waals surface area contributed by atoms with E-state index in [2.05, 4.69) is 9.97 Å². The summed E-state index contributed by atoms with van der Waals surface area (Å²) < 4.78 is 6.93. The highest BCUT2D eigenvalue weighted by atomic mass is 16.6. The van der Waals surface area contributed by atoms with Gasteiger partial charge in [0.15, 0.2) is 6.23 Å². The summed E-state index contributed by atoms with van der Waals surface area (Å²) in [7, 11) is 0. The molecule has 2 aromatic heterocycles. The van der Waals surface area contributed by atoms with Crippen LogP contribution in [-0.2, 0) is 11.3 Å². The summed E-state index contributed by atoms with van der Waals surface area (Å²) in [6, 6.07) is 0. The van der Waals surface area contributed by atoms with Gasteiger partial charge in [0.2, 0.25) is 0 Å². The molecule has 0 radical (unpaired) electrons. The molecule has 3 rings (SSSR count). The van der Waals surface area contributed by atoms with E-state index in [1.165, 1.54) is 17.1 Å². The molecular weight excluding hydrogens is 280 g/mol. The van der Waals surface area contributed by atoms with Crippen LogP contribution in [-0.4, -0.2) is 59.9 Å². The third-order valence-corrected chi connectivity index (χ3v) is 3.68. The Labute approximate surface area is 119 Å². The second-order valence-electron chi connectivity index (χ2n) is 4.91. The SMILES string of the molecule is Nc1ncnc2c1c(CO)cn2[C@@H]1O[C@H](CO)[C@@H](O)[C@H]1O. The van der Waals surface area contributed by atoms with E-state index in [0.29, 0.717) is 16.6 Å². The predicted octanol–water partition coefficient (Wildman–Crippen LogP) is -1.88. The van der Waals surface area contributed by atoms with Crippen molar-refractivity contribution in [2.45, 2.75) is 31.1 Å². The van der Waals surface area contributed by atoms with E-state index >= 15 is 0 Å². The largest absolute Gasteiger partial charge is 0.394 e. The number of rotatable bonds is 3. The molecule has 0 aromatic carbocycles. The highest BCUT2D eigenvalue weighted by molar-refractivity contribution is 5.89. The standard InChI is InChI=1S/C12H16N4O5/c13-10-7-5(2-17)1-16(11(7)15-4-14-10)12-9(20)8(19)6(3-18)21-12/h1,4,6,8-9,12,17-20H,2-3H2,(H2,13,14,15)/t6-,8-,9-,12-/m1/s1. The van der Waals surface area contributed by atoms with E-state index in [1.807, 2.05) is 0 Å². The number of nitrogens with two attached hydrogens (primary N) is 1. The third kappa shape index (κ3) is 2.06. The summed E-state index contributed by atoms with van der Waals surface area (Å²) >= 11 is 0. The van der Waals surface area contributed by atoms with Crippen LogP contribution < -0.4 is 5.73 Å². The fourth-order valence-corrected chi connectivity index (χ4v) is 2.61. The minimum Gasteiger partial charge on any atom is -0.394 e. The molecule has 0 aliphatic carbocycles. The molecule has 1 fully saturated rings. The van der Waals surface area contributed by atoms with Crippen molar-refractivity contribution in [1.82, 2.24) is 14.5 Å². The Morgan fingerprint density at radius 3 is 2.62 bits per heavy atom. The van der Waals surface area contributed by atoms with Crippen molar-refractivity contribution in [3.63, 3.8) is 0 Å². The fraction of sp³-hybridized carbons (Fsp3) is 0.500. The van der Waals surface area contributed by atoms with Gasteiger partial charge in [0.05, 0.1) is 18.6 Å². The van der Waals surface area contributed by atoms with Gasteiger partial charge in [0.25, 0.3) is 0 Å². The van der Waals surface area contributed by atoms with Crippen LogP contribution in [0.1, 0.15) is 11.8 Å². The number of anilines is 1. The quantitative estimate of drug-likeness (QED) is 0.442. The van der Waals surface area contributed by atoms with Gasteiger partial charge in [-0.3, -0.25) is 0 Å². The summed E-state index contributed by atoms with van der Waals surface area (Å²) in [5.41, 5.74) is 6.65. The second-order valence-corrected chi connectivity index (χ2v) is 4.91. The molecule has 9 heteroatoms. The molecule has 4 atom stereocenters. The summed E-state index contributed by atoms with van der Waals surface area (Å²) in [6.45, 7) is -0.701. The van der Waals surface area contributed by atoms with Crippen LogP contribution in [0, 0.1) is 0 Å². The Bertz CT molecular complexity index is 660. The zero-order valence-corrected chi connectivity index (χ0v) is 11.0. The van der Waals surface area contributed by atoms with Crippen molar-refractivity contribution in [1.29, 1.82) is 0 Å². The highest BCUT2D eigenvalue weighted by Crippen LogP contribution is 2.34. The molecule has 2 aromatic rings. The van der Waals surface area contributed by atoms with Crippen molar-refractivity contribution in [2.75, 3.05) is 12.3 Å². The Hall–Kier alpha value is -1.78. The van der Waals surface area contributed by atoms with E-state index in [0.717, 1.165) is 0 Å². The molecule has 1 saturated heterocycles. The minimum atomic E-state index is -1.24. The number of hydrogen-bond acceptors (Lipinski definition) is 8. The second kappa shape index (κ2) is 5.20. The van der Waals surface area contributed by atoms with E-state index in [9.17, 15) is 15.3 Å². The van der Waals surface area contributed by atoms with Gasteiger partial charge >= 0.3 is 0 Å². The van der Waals surface area contributed by atoms with Gasteiger partial charge < -0.3 is 35.5 Å². The zero-order valence-electron chi connectivity index (χ0n) is 11.0. The number of ether oxygens (including phenoxy) is 1. The van der Waals surface area contributed by atoms with E-state index < -0.39 is 31.1 Å². The first kappa shape index (κ1) is 14.2. The van der Waals surface area contributed by atoms with Crippen LogP contribution in [0.5, 0.6) is 0 Å². The van der Waals surface area contributed by atoms with E-state index in [-0.39, 0.29) is 12.4 Å². The molecule has 21 heavy (non-hydrogen) atoms. The lowest BCUT2D eigenvalue weighted by Crippen LogP contribution is -2.33. The highest BCUT2D eigenvalue weighted by Gasteiger charge is 2.44. The van der Waals surface area contributed by atoms with Gasteiger partial charge in [0.1, 0.15) is 36.1 Å². The normalized spacial score (nSPS) is 29.3. The van der Waals surface area contributed by atoms with Crippen LogP contribution in [0.15, 0.2) is 12.5 Å². The van der Waals surface area contributed by atoms with Crippen LogP contribution in [0.2, 0.25) is 0 Å². The average Bonchev–Trinajstić information content (AvgIpc) is 2.99. The lowest BCUT2D eigenvalue weighted by atomic mass is 10.1. The molecule has 6 N–H and O–H groups in total. The fourth-order valence-electron chi connectivity index (χ4n) is 2.61. The number of hydrogen-bond donors (Lipinski definition) is 5. The Kier molecular flexibility index (Phi) is 3.51. The first-order chi connectivity index (χ1) is 10.1. The lowest BCUT2D eigenvalue weighted by Gasteiger charge is -2.17. The molecule has 114 valence electrons. The summed E-state index contributed by atoms with van der Waals surface area (Å²) in [5.74, 6) is 0.203. The minimum absolute atomic E-state index is 0.203. The molecule has 0 spiro atoms. The van der Waals surface area contributed by atoms with E-state index in [4.69, 9.17) is 15.6 Å². The van der Waals surface area contributed by atoms with Crippen LogP contribution in [0.25, 0.3) is 11.0 Å². The zero-order chi connectivity index (χ0) is 15.1. The van der Waals surface area contributed by atoms with Crippen molar-refractivity contribution >= 4 is 16.9 Å². The average molecular weight is 296 g/mol. The number of fused-ring (bicyclic) bond motifs is 1. The monoisotopic (exact) mass is 296 g/mol. The number of aliphatic hydroxyl groups excluding tert-OH is 4. The first-order valence-corrected chi connectivity index (χ1v) is 6.41. The van der Waals surface area contributed by atoms with E-state index in [1.54, 1.807) is 0 Å². The van der Waals surface area contributed by atoms with Crippen molar-refractivity contribution < 1.29 is 25.2 Å². The molecule has 3 heterocycles. The lowest BCUT2D eigenvalue weighted by molar-refractivity contribution is -0.0509. The van der Waals surface area contributed by atoms with Gasteiger partial charge in [-0.05, 0) is 0 Å². The number of nitrogen functional groups attached to an aromatic ring is 1. The van der Waals surface area contributed by atoms with Crippen LogP contribution >= 0.6 is 0 Å². The number of aromatic nitrogens is 3. The number of aliphatic hydroxyl groups is 4. The molecular formula is C12H16N4O5. The Morgan fingerprint density at radius 2 is 2.00 bits per heavy atom. The van der Waals surface area contributed by atoms with Crippen molar-refractivity contribution in [3.8, 4) is 0 Å². The Morgan fingerprint density at radius 1 is 1.24 bits per heavy atom. The van der Waals surface area contributed by atoms with Crippen molar-refractivity contribution in [3.05, 3.63) is 18.1 Å². The van der Waals surface area contributed by atoms with Gasteiger partial charge in [-0.25, -0.2) is 9.97 Å². The maximum Gasteiger partial charge on any atom is 0.164 e. The molecule has 1 aliphatic heterocycles. The molecule has 9 nitrogen and oxygen atoms in total. The van der Waals surface area contributed by atoms with Gasteiger partial charge in [-0.1, -0.05) is 0 Å². The number of nitrogens with zero attached hydrogens (tertiary/aromatic N) is 3. The van der Waals surface area contributed by atoms with Crippen molar-refractivity contribution in [2.24, 2.45) is 0 Å². The Balaban J connectivity index is 2.11. The maximum absolute atomic E-state index is 10.1. The van der Waals surface area contributed by atoms with Gasteiger partial charge in [0, 0.05) is 11.8 Å². The summed E-state index contributed by atoms with van der Waals surface area (Å²) in [6.07, 6.45) is -1.48. The van der Waals surface area contributed by atoms with Gasteiger partial charge in [-0.15, -0.1) is 0 Å². The molecule has 1 aliphatic rings. The topological polar surface area (TPSA) is 147 Å². The van der Waals surface area contributed by atoms with Crippen LogP contribution in [0.3, 0.4) is 0 Å². The third-order valence-electron chi connectivity index (χ3n) is 3.68. The first-order valence-electron chi connectivity index (χ1n) is 6.41. The predicted molar refractivity (Wildman–Crippen MR) is 70.9 cm³/mol. The van der Waals surface area contributed by atoms with Gasteiger partial charge in [-0.2, -0.15) is 0 Å². The molecule has 0 amide bonds. The summed E-state index contributed by atoms with van der Waals surface area (Å²) in [5, 5.41) is 38.9.